The topological polar surface area (TPSA) is 89.5 Å². The molecular weight excluding hydrogens is 458 g/mol. The first-order chi connectivity index (χ1) is 15.9. The second-order valence-electron chi connectivity index (χ2n) is 7.50. The van der Waals surface area contributed by atoms with Crippen molar-refractivity contribution in [2.75, 3.05) is 17.8 Å². The van der Waals surface area contributed by atoms with Crippen molar-refractivity contribution >= 4 is 42.4 Å². The average Bonchev–Trinajstić information content (AvgIpc) is 3.25. The number of hydrogen-bond acceptors (Lipinski definition) is 7. The molecule has 0 fully saturated rings. The zero-order valence-corrected chi connectivity index (χ0v) is 19.7. The van der Waals surface area contributed by atoms with Crippen LogP contribution in [0.4, 0.5) is 5.13 Å². The Morgan fingerprint density at radius 2 is 1.85 bits per heavy atom. The summed E-state index contributed by atoms with van der Waals surface area (Å²) >= 11 is 1.38. The predicted molar refractivity (Wildman–Crippen MR) is 130 cm³/mol. The molecule has 0 saturated heterocycles. The molecule has 0 saturated carbocycles. The van der Waals surface area contributed by atoms with Crippen LogP contribution in [0.15, 0.2) is 73.1 Å². The van der Waals surface area contributed by atoms with Gasteiger partial charge in [-0.3, -0.25) is 14.7 Å². The molecule has 0 spiro atoms. The third-order valence-electron chi connectivity index (χ3n) is 5.04. The zero-order valence-electron chi connectivity index (χ0n) is 18.0. The zero-order chi connectivity index (χ0) is 23.3. The van der Waals surface area contributed by atoms with Crippen molar-refractivity contribution in [3.8, 4) is 5.75 Å². The third-order valence-corrected chi connectivity index (χ3v) is 7.69. The van der Waals surface area contributed by atoms with Gasteiger partial charge in [0.25, 0.3) is 0 Å². The molecule has 2 heterocycles. The van der Waals surface area contributed by atoms with Crippen molar-refractivity contribution < 1.29 is 17.9 Å². The van der Waals surface area contributed by atoms with Gasteiger partial charge in [0.2, 0.25) is 5.91 Å². The Balaban J connectivity index is 1.56. The number of carbonyl (C=O) groups is 1. The van der Waals surface area contributed by atoms with Crippen LogP contribution in [-0.2, 0) is 26.9 Å². The van der Waals surface area contributed by atoms with Crippen LogP contribution in [0.5, 0.6) is 5.75 Å². The van der Waals surface area contributed by atoms with Crippen LogP contribution >= 0.6 is 11.3 Å². The Kier molecular flexibility index (Phi) is 7.00. The highest BCUT2D eigenvalue weighted by atomic mass is 32.2. The fourth-order valence-electron chi connectivity index (χ4n) is 3.35. The van der Waals surface area contributed by atoms with E-state index in [4.69, 9.17) is 4.74 Å². The highest BCUT2D eigenvalue weighted by molar-refractivity contribution is 7.90. The van der Waals surface area contributed by atoms with Gasteiger partial charge in [0.15, 0.2) is 15.0 Å². The maximum Gasteiger partial charge on any atom is 0.230 e. The van der Waals surface area contributed by atoms with Crippen LogP contribution in [-0.4, -0.2) is 37.2 Å². The molecule has 33 heavy (non-hydrogen) atoms. The number of methoxy groups -OCH3 is 1. The normalized spacial score (nSPS) is 11.4. The number of nitrogens with zero attached hydrogens (tertiary/aromatic N) is 3. The van der Waals surface area contributed by atoms with Crippen molar-refractivity contribution in [2.24, 2.45) is 0 Å². The lowest BCUT2D eigenvalue weighted by atomic mass is 10.2. The van der Waals surface area contributed by atoms with E-state index in [2.05, 4.69) is 9.97 Å². The molecule has 0 N–H and O–H groups in total. The summed E-state index contributed by atoms with van der Waals surface area (Å²) < 4.78 is 31.4. The molecule has 4 rings (SSSR count). The van der Waals surface area contributed by atoms with Gasteiger partial charge in [-0.2, -0.15) is 0 Å². The van der Waals surface area contributed by atoms with Crippen molar-refractivity contribution in [3.63, 3.8) is 0 Å². The number of benzene rings is 2. The SMILES string of the molecule is COc1ccc2sc(N(Cc3cccnc3)C(=O)CCS(=O)(=O)Cc3ccccc3)nc2c1. The molecule has 2 aromatic carbocycles. The van der Waals surface area contributed by atoms with Crippen LogP contribution < -0.4 is 9.64 Å². The fraction of sp³-hybridized carbons (Fsp3) is 0.208. The molecule has 170 valence electrons. The average molecular weight is 482 g/mol. The Morgan fingerprint density at radius 1 is 1.06 bits per heavy atom. The number of sulfone groups is 1. The minimum absolute atomic E-state index is 0.0926. The predicted octanol–water partition coefficient (Wildman–Crippen LogP) is 4.24. The van der Waals surface area contributed by atoms with E-state index in [1.165, 1.54) is 16.2 Å². The smallest absolute Gasteiger partial charge is 0.230 e. The molecule has 0 radical (unpaired) electrons. The lowest BCUT2D eigenvalue weighted by molar-refractivity contribution is -0.118. The lowest BCUT2D eigenvalue weighted by Gasteiger charge is -2.20. The highest BCUT2D eigenvalue weighted by Gasteiger charge is 2.23. The van der Waals surface area contributed by atoms with Crippen LogP contribution in [0.3, 0.4) is 0 Å². The minimum Gasteiger partial charge on any atom is -0.497 e. The van der Waals surface area contributed by atoms with E-state index in [1.807, 2.05) is 30.3 Å². The number of hydrogen-bond donors (Lipinski definition) is 0. The standard InChI is InChI=1S/C24H23N3O4S2/c1-31-20-9-10-22-21(14-20)26-24(32-22)27(16-19-8-5-12-25-15-19)23(28)11-13-33(29,30)17-18-6-3-2-4-7-18/h2-10,12,14-15H,11,13,16-17H2,1H3. The van der Waals surface area contributed by atoms with Gasteiger partial charge in [-0.15, -0.1) is 0 Å². The van der Waals surface area contributed by atoms with Crippen molar-refractivity contribution in [1.29, 1.82) is 0 Å². The largest absolute Gasteiger partial charge is 0.497 e. The Labute approximate surface area is 196 Å². The molecule has 0 atom stereocenters. The van der Waals surface area contributed by atoms with E-state index in [-0.39, 0.29) is 30.4 Å². The highest BCUT2D eigenvalue weighted by Crippen LogP contribution is 2.32. The van der Waals surface area contributed by atoms with E-state index >= 15 is 0 Å². The van der Waals surface area contributed by atoms with Crippen molar-refractivity contribution in [1.82, 2.24) is 9.97 Å². The maximum atomic E-state index is 13.2. The van der Waals surface area contributed by atoms with E-state index in [1.54, 1.807) is 49.8 Å². The molecule has 0 bridgehead atoms. The molecule has 2 aromatic heterocycles. The molecule has 0 aliphatic carbocycles. The number of thiazole rings is 1. The van der Waals surface area contributed by atoms with Gasteiger partial charge >= 0.3 is 0 Å². The first-order valence-electron chi connectivity index (χ1n) is 10.3. The summed E-state index contributed by atoms with van der Waals surface area (Å²) in [4.78, 5) is 23.5. The molecule has 0 aliphatic heterocycles. The van der Waals surface area contributed by atoms with E-state index in [0.717, 1.165) is 15.8 Å². The van der Waals surface area contributed by atoms with Gasteiger partial charge in [-0.25, -0.2) is 13.4 Å². The monoisotopic (exact) mass is 481 g/mol. The summed E-state index contributed by atoms with van der Waals surface area (Å²) in [5, 5.41) is 0.507. The summed E-state index contributed by atoms with van der Waals surface area (Å²) in [6.45, 7) is 0.252. The van der Waals surface area contributed by atoms with Crippen molar-refractivity contribution in [3.05, 3.63) is 84.2 Å². The quantitative estimate of drug-likeness (QED) is 0.355. The van der Waals surface area contributed by atoms with E-state index in [0.29, 0.717) is 16.4 Å². The number of rotatable bonds is 9. The number of ether oxygens (including phenoxy) is 1. The molecule has 1 amide bonds. The summed E-state index contributed by atoms with van der Waals surface area (Å²) in [5.41, 5.74) is 2.25. The van der Waals surface area contributed by atoms with Gasteiger partial charge in [-0.05, 0) is 29.3 Å². The van der Waals surface area contributed by atoms with Crippen molar-refractivity contribution in [2.45, 2.75) is 18.7 Å². The molecule has 0 unspecified atom stereocenters. The minimum atomic E-state index is -3.45. The van der Waals surface area contributed by atoms with Gasteiger partial charge in [0, 0.05) is 24.9 Å². The second-order valence-corrected chi connectivity index (χ2v) is 10.7. The van der Waals surface area contributed by atoms with Crippen LogP contribution in [0.1, 0.15) is 17.5 Å². The lowest BCUT2D eigenvalue weighted by Crippen LogP contribution is -2.32. The Morgan fingerprint density at radius 3 is 2.58 bits per heavy atom. The third kappa shape index (κ3) is 5.94. The number of amides is 1. The van der Waals surface area contributed by atoms with Crippen LogP contribution in [0.2, 0.25) is 0 Å². The molecular formula is C24H23N3O4S2. The Bertz CT molecular complexity index is 1340. The maximum absolute atomic E-state index is 13.2. The molecule has 9 heteroatoms. The first kappa shape index (κ1) is 22.9. The van der Waals surface area contributed by atoms with Gasteiger partial charge in [0.1, 0.15) is 5.75 Å². The van der Waals surface area contributed by atoms with E-state index in [9.17, 15) is 13.2 Å². The number of carbonyl (C=O) groups excluding carboxylic acids is 1. The van der Waals surface area contributed by atoms with Gasteiger partial charge in [0.05, 0.1) is 35.4 Å². The Hall–Kier alpha value is -3.30. The first-order valence-corrected chi connectivity index (χ1v) is 13.0. The summed E-state index contributed by atoms with van der Waals surface area (Å²) in [5.74, 6) is 0.0474. The molecule has 7 nitrogen and oxygen atoms in total. The second kappa shape index (κ2) is 10.1. The molecule has 4 aromatic rings. The van der Waals surface area contributed by atoms with E-state index < -0.39 is 9.84 Å². The number of aromatic nitrogens is 2. The number of fused-ring (bicyclic) bond motifs is 1. The summed E-state index contributed by atoms with van der Waals surface area (Å²) in [6, 6.07) is 18.2. The summed E-state index contributed by atoms with van der Waals surface area (Å²) in [6.07, 6.45) is 3.22. The fourth-order valence-corrected chi connectivity index (χ4v) is 5.65. The number of anilines is 1. The van der Waals surface area contributed by atoms with Gasteiger partial charge < -0.3 is 4.74 Å². The molecule has 0 aliphatic rings. The van der Waals surface area contributed by atoms with Crippen LogP contribution in [0, 0.1) is 0 Å². The van der Waals surface area contributed by atoms with Gasteiger partial charge in [-0.1, -0.05) is 47.7 Å². The van der Waals surface area contributed by atoms with Crippen LogP contribution in [0.25, 0.3) is 10.2 Å². The summed E-state index contributed by atoms with van der Waals surface area (Å²) in [7, 11) is -1.86. The number of pyridine rings is 1.